The number of hydrazone groups is 1. The van der Waals surface area contributed by atoms with Crippen LogP contribution in [0.15, 0.2) is 53.6 Å². The third-order valence-electron chi connectivity index (χ3n) is 4.91. The lowest BCUT2D eigenvalue weighted by Crippen LogP contribution is -2.36. The Hall–Kier alpha value is -4.17. The monoisotopic (exact) mass is 485 g/mol. The highest BCUT2D eigenvalue weighted by Crippen LogP contribution is 2.29. The Balaban J connectivity index is 1.57. The minimum atomic E-state index is -0.709. The number of aromatic nitrogens is 2. The molecule has 0 radical (unpaired) electrons. The second-order valence-corrected chi connectivity index (χ2v) is 7.56. The lowest BCUT2D eigenvalue weighted by atomic mass is 10.1. The van der Waals surface area contributed by atoms with Gasteiger partial charge in [0.25, 0.3) is 11.6 Å². The number of hydrogen-bond acceptors (Lipinski definition) is 12. The normalized spacial score (nSPS) is 14.0. The molecule has 13 nitrogen and oxygen atoms in total. The van der Waals surface area contributed by atoms with Gasteiger partial charge in [0.05, 0.1) is 40.9 Å². The number of hydrogen-bond donors (Lipinski definition) is 1. The van der Waals surface area contributed by atoms with Crippen LogP contribution in [0.25, 0.3) is 0 Å². The summed E-state index contributed by atoms with van der Waals surface area (Å²) in [4.78, 5) is 23.0. The van der Waals surface area contributed by atoms with Gasteiger partial charge in [0.2, 0.25) is 5.82 Å². The molecule has 0 atom stereocenters. The van der Waals surface area contributed by atoms with Gasteiger partial charge >= 0.3 is 5.69 Å². The Morgan fingerprint density at radius 2 is 1.88 bits per heavy atom. The van der Waals surface area contributed by atoms with Crippen molar-refractivity contribution in [2.75, 3.05) is 43.2 Å². The van der Waals surface area contributed by atoms with Crippen molar-refractivity contribution in [1.82, 2.24) is 8.75 Å². The molecule has 1 aliphatic rings. The van der Waals surface area contributed by atoms with E-state index >= 15 is 0 Å². The molecule has 1 saturated heterocycles. The van der Waals surface area contributed by atoms with Crippen molar-refractivity contribution in [3.63, 3.8) is 0 Å². The lowest BCUT2D eigenvalue weighted by Gasteiger charge is -2.26. The van der Waals surface area contributed by atoms with Crippen molar-refractivity contribution in [2.45, 2.75) is 0 Å². The molecule has 1 aromatic heterocycles. The van der Waals surface area contributed by atoms with E-state index in [4.69, 9.17) is 9.47 Å². The average molecular weight is 485 g/mol. The highest BCUT2D eigenvalue weighted by atomic mass is 32.1. The molecule has 0 bridgehead atoms. The molecular weight excluding hydrogens is 466 g/mol. The van der Waals surface area contributed by atoms with Crippen LogP contribution in [0.4, 0.5) is 22.9 Å². The van der Waals surface area contributed by atoms with Crippen LogP contribution in [-0.4, -0.2) is 57.2 Å². The predicted molar refractivity (Wildman–Crippen MR) is 125 cm³/mol. The van der Waals surface area contributed by atoms with E-state index in [2.05, 4.69) is 19.3 Å². The first-order valence-electron chi connectivity index (χ1n) is 10.1. The van der Waals surface area contributed by atoms with E-state index in [9.17, 15) is 20.2 Å². The number of nitro groups is 2. The van der Waals surface area contributed by atoms with Crippen molar-refractivity contribution in [1.29, 1.82) is 0 Å². The van der Waals surface area contributed by atoms with E-state index < -0.39 is 15.5 Å². The Kier molecular flexibility index (Phi) is 7.19. The molecule has 0 aliphatic carbocycles. The number of rotatable bonds is 9. The van der Waals surface area contributed by atoms with Crippen LogP contribution in [0, 0.1) is 20.2 Å². The lowest BCUT2D eigenvalue weighted by molar-refractivity contribution is -0.393. The molecule has 1 aliphatic heterocycles. The Morgan fingerprint density at radius 3 is 2.59 bits per heavy atom. The summed E-state index contributed by atoms with van der Waals surface area (Å²) in [6.07, 6.45) is 0. The number of ether oxygens (including phenoxy) is 2. The number of nitrogens with one attached hydrogen (secondary N) is 1. The molecule has 4 rings (SSSR count). The van der Waals surface area contributed by atoms with Gasteiger partial charge in [-0.1, -0.05) is 30.3 Å². The second-order valence-electron chi connectivity index (χ2n) is 7.03. The van der Waals surface area contributed by atoms with Gasteiger partial charge in [-0.05, 0) is 6.07 Å². The predicted octanol–water partition coefficient (Wildman–Crippen LogP) is 3.09. The number of nitrogens with zero attached hydrogens (tertiary/aromatic N) is 6. The number of non-ortho nitro benzene ring substituents is 1. The molecule has 2 aromatic carbocycles. The summed E-state index contributed by atoms with van der Waals surface area (Å²) in [6.45, 7) is 2.53. The second kappa shape index (κ2) is 10.6. The van der Waals surface area contributed by atoms with Gasteiger partial charge in [0.15, 0.2) is 0 Å². The SMILES string of the molecule is O=[N+]([O-])c1ccc(N/N=C(\COc2nsnc2N2CCOCC2)c2ccccc2)c([N+](=O)[O-])c1. The molecular formula is C20H19N7O6S. The van der Waals surface area contributed by atoms with Crippen LogP contribution < -0.4 is 15.1 Å². The maximum absolute atomic E-state index is 11.4. The quantitative estimate of drug-likeness (QED) is 0.271. The van der Waals surface area contributed by atoms with Crippen molar-refractivity contribution in [2.24, 2.45) is 5.10 Å². The molecule has 14 heteroatoms. The van der Waals surface area contributed by atoms with Gasteiger partial charge in [0, 0.05) is 24.7 Å². The molecule has 3 aromatic rings. The van der Waals surface area contributed by atoms with Crippen LogP contribution in [0.2, 0.25) is 0 Å². The zero-order valence-electron chi connectivity index (χ0n) is 17.7. The standard InChI is InChI=1S/C20H19N7O6S/c28-26(29)15-6-7-16(18(12-15)27(30)31)21-22-17(14-4-2-1-3-5-14)13-33-20-19(23-34-24-20)25-8-10-32-11-9-25/h1-7,12,21H,8-11,13H2/b22-17+. The first-order valence-corrected chi connectivity index (χ1v) is 10.8. The maximum Gasteiger partial charge on any atom is 0.301 e. The molecule has 2 heterocycles. The minimum Gasteiger partial charge on any atom is -0.468 e. The van der Waals surface area contributed by atoms with Crippen LogP contribution in [0.3, 0.4) is 0 Å². The highest BCUT2D eigenvalue weighted by molar-refractivity contribution is 6.99. The van der Waals surface area contributed by atoms with Crippen molar-refractivity contribution < 1.29 is 19.3 Å². The third-order valence-corrected chi connectivity index (χ3v) is 5.41. The van der Waals surface area contributed by atoms with E-state index in [-0.39, 0.29) is 18.0 Å². The van der Waals surface area contributed by atoms with E-state index in [0.29, 0.717) is 43.7 Å². The zero-order chi connectivity index (χ0) is 23.9. The molecule has 1 N–H and O–H groups in total. The van der Waals surface area contributed by atoms with Crippen molar-refractivity contribution in [3.05, 3.63) is 74.3 Å². The fourth-order valence-corrected chi connectivity index (χ4v) is 3.71. The van der Waals surface area contributed by atoms with Gasteiger partial charge in [-0.15, -0.1) is 4.37 Å². The Morgan fingerprint density at radius 1 is 1.12 bits per heavy atom. The van der Waals surface area contributed by atoms with Crippen molar-refractivity contribution >= 4 is 40.3 Å². The third kappa shape index (κ3) is 5.41. The van der Waals surface area contributed by atoms with E-state index in [1.54, 1.807) is 0 Å². The molecule has 0 unspecified atom stereocenters. The summed E-state index contributed by atoms with van der Waals surface area (Å²) < 4.78 is 19.9. The van der Waals surface area contributed by atoms with E-state index in [0.717, 1.165) is 23.4 Å². The zero-order valence-corrected chi connectivity index (χ0v) is 18.5. The Bertz CT molecular complexity index is 1200. The van der Waals surface area contributed by atoms with Gasteiger partial charge < -0.3 is 14.4 Å². The van der Waals surface area contributed by atoms with Gasteiger partial charge in [-0.2, -0.15) is 9.47 Å². The van der Waals surface area contributed by atoms with Crippen LogP contribution in [0.1, 0.15) is 5.56 Å². The van der Waals surface area contributed by atoms with E-state index in [1.165, 1.54) is 12.1 Å². The molecule has 34 heavy (non-hydrogen) atoms. The van der Waals surface area contributed by atoms with Crippen LogP contribution >= 0.6 is 11.7 Å². The molecule has 0 amide bonds. The molecule has 0 spiro atoms. The fourth-order valence-electron chi connectivity index (χ4n) is 3.19. The van der Waals surface area contributed by atoms with Crippen molar-refractivity contribution in [3.8, 4) is 5.88 Å². The molecule has 0 saturated carbocycles. The smallest absolute Gasteiger partial charge is 0.301 e. The average Bonchev–Trinajstić information content (AvgIpc) is 3.33. The fraction of sp³-hybridized carbons (Fsp3) is 0.250. The summed E-state index contributed by atoms with van der Waals surface area (Å²) in [5, 5.41) is 26.7. The van der Waals surface area contributed by atoms with Gasteiger partial charge in [-0.3, -0.25) is 25.7 Å². The maximum atomic E-state index is 11.4. The topological polar surface area (TPSA) is 158 Å². The van der Waals surface area contributed by atoms with Gasteiger partial charge in [-0.25, -0.2) is 0 Å². The summed E-state index contributed by atoms with van der Waals surface area (Å²) in [7, 11) is 0. The van der Waals surface area contributed by atoms with E-state index in [1.807, 2.05) is 35.2 Å². The largest absolute Gasteiger partial charge is 0.468 e. The van der Waals surface area contributed by atoms with Gasteiger partial charge in [0.1, 0.15) is 18.0 Å². The number of nitro benzene ring substituents is 2. The summed E-state index contributed by atoms with van der Waals surface area (Å²) in [5.74, 6) is 0.983. The minimum absolute atomic E-state index is 0.000541. The molecule has 176 valence electrons. The summed E-state index contributed by atoms with van der Waals surface area (Å²) >= 11 is 1.03. The first kappa shape index (κ1) is 23.0. The first-order chi connectivity index (χ1) is 16.5. The number of anilines is 2. The highest BCUT2D eigenvalue weighted by Gasteiger charge is 2.22. The summed E-state index contributed by atoms with van der Waals surface area (Å²) in [5.41, 5.74) is 2.96. The van der Waals surface area contributed by atoms with Crippen LogP contribution in [0.5, 0.6) is 5.88 Å². The molecule has 1 fully saturated rings. The Labute approximate surface area is 197 Å². The summed E-state index contributed by atoms with van der Waals surface area (Å²) in [6, 6.07) is 12.4. The van der Waals surface area contributed by atoms with Crippen LogP contribution in [-0.2, 0) is 4.74 Å². The number of benzene rings is 2. The number of morpholine rings is 1.